The summed E-state index contributed by atoms with van der Waals surface area (Å²) in [4.78, 5) is 11.2. The van der Waals surface area contributed by atoms with E-state index in [2.05, 4.69) is 0 Å². The molecule has 2 rings (SSSR count). The molecule has 1 heterocycles. The van der Waals surface area contributed by atoms with E-state index in [1.165, 1.54) is 0 Å². The molecular weight excluding hydrogens is 281 g/mol. The number of fused-ring (bicyclic) bond motifs is 1. The summed E-state index contributed by atoms with van der Waals surface area (Å²) in [6, 6.07) is 7.32. The molecule has 1 aromatic carbocycles. The summed E-state index contributed by atoms with van der Waals surface area (Å²) in [6.45, 7) is 0. The number of para-hydroxylation sites is 1. The summed E-state index contributed by atoms with van der Waals surface area (Å²) in [7, 11) is 0. The lowest BCUT2D eigenvalue weighted by Gasteiger charge is -2.00. The maximum atomic E-state index is 11.2. The lowest BCUT2D eigenvalue weighted by molar-refractivity contribution is 0.563. The number of nitrogen functional groups attached to an aromatic ring is 1. The number of nitrogens with two attached hydrogens (primary N) is 1. The third kappa shape index (κ3) is 1.31. The Labute approximate surface area is 87.7 Å². The normalized spacial score (nSPS) is 10.5. The van der Waals surface area contributed by atoms with Gasteiger partial charge in [-0.2, -0.15) is 0 Å². The van der Waals surface area contributed by atoms with Crippen molar-refractivity contribution in [3.05, 3.63) is 38.3 Å². The molecule has 4 heteroatoms. The summed E-state index contributed by atoms with van der Waals surface area (Å²) in [5.41, 5.74) is 5.82. The summed E-state index contributed by atoms with van der Waals surface area (Å²) in [5.74, 6) is 0. The molecule has 0 fully saturated rings. The van der Waals surface area contributed by atoms with Crippen LogP contribution in [0.15, 0.2) is 33.5 Å². The molecule has 0 aliphatic heterocycles. The average Bonchev–Trinajstić information content (AvgIpc) is 2.15. The Morgan fingerprint density at radius 2 is 2.00 bits per heavy atom. The second kappa shape index (κ2) is 3.02. The van der Waals surface area contributed by atoms with Crippen molar-refractivity contribution in [1.29, 1.82) is 0 Å². The van der Waals surface area contributed by atoms with Crippen LogP contribution < -0.4 is 11.4 Å². The third-order valence-electron chi connectivity index (χ3n) is 1.78. The van der Waals surface area contributed by atoms with Crippen LogP contribution in [0.1, 0.15) is 0 Å². The quantitative estimate of drug-likeness (QED) is 0.595. The molecule has 0 amide bonds. The molecule has 0 radical (unpaired) electrons. The fourth-order valence-electron chi connectivity index (χ4n) is 1.13. The second-order valence-corrected chi connectivity index (χ2v) is 3.69. The van der Waals surface area contributed by atoms with Crippen LogP contribution in [0.25, 0.3) is 11.0 Å². The fraction of sp³-hybridized carbons (Fsp3) is 0. The highest BCUT2D eigenvalue weighted by molar-refractivity contribution is 14.1. The molecule has 2 aromatic rings. The van der Waals surface area contributed by atoms with Gasteiger partial charge in [0.1, 0.15) is 11.3 Å². The number of hydrogen-bond donors (Lipinski definition) is 1. The Kier molecular flexibility index (Phi) is 1.99. The van der Waals surface area contributed by atoms with Gasteiger partial charge in [0.2, 0.25) is 0 Å². The Balaban J connectivity index is 3.02. The Bertz CT molecular complexity index is 518. The smallest absolute Gasteiger partial charge is 0.360 e. The van der Waals surface area contributed by atoms with Crippen LogP contribution in [0.3, 0.4) is 0 Å². The molecule has 0 aliphatic carbocycles. The fourth-order valence-corrected chi connectivity index (χ4v) is 1.79. The largest absolute Gasteiger partial charge is 0.421 e. The summed E-state index contributed by atoms with van der Waals surface area (Å²) < 4.78 is 5.74. The highest BCUT2D eigenvalue weighted by atomic mass is 127. The zero-order valence-electron chi connectivity index (χ0n) is 6.58. The standard InChI is InChI=1S/C9H6INO2/c10-7-5-3-1-2-4-6(5)13-9(12)8(7)11/h1-4H,11H2. The number of halogens is 1. The van der Waals surface area contributed by atoms with Gasteiger partial charge in [0.15, 0.2) is 0 Å². The maximum absolute atomic E-state index is 11.2. The van der Waals surface area contributed by atoms with Crippen LogP contribution in [0.2, 0.25) is 0 Å². The first-order valence-corrected chi connectivity index (χ1v) is 4.75. The van der Waals surface area contributed by atoms with Crippen molar-refractivity contribution >= 4 is 39.2 Å². The van der Waals surface area contributed by atoms with Crippen molar-refractivity contribution in [3.63, 3.8) is 0 Å². The minimum Gasteiger partial charge on any atom is -0.421 e. The van der Waals surface area contributed by atoms with Crippen molar-refractivity contribution in [1.82, 2.24) is 0 Å². The van der Waals surface area contributed by atoms with Gasteiger partial charge in [-0.1, -0.05) is 18.2 Å². The molecule has 66 valence electrons. The Morgan fingerprint density at radius 3 is 2.77 bits per heavy atom. The SMILES string of the molecule is Nc1c(I)c2ccccc2oc1=O. The van der Waals surface area contributed by atoms with E-state index in [1.807, 2.05) is 40.8 Å². The molecule has 1 aromatic heterocycles. The molecule has 0 spiro atoms. The van der Waals surface area contributed by atoms with Crippen LogP contribution in [0.5, 0.6) is 0 Å². The van der Waals surface area contributed by atoms with Crippen molar-refractivity contribution in [3.8, 4) is 0 Å². The van der Waals surface area contributed by atoms with Gasteiger partial charge in [0, 0.05) is 5.39 Å². The molecule has 2 N–H and O–H groups in total. The topological polar surface area (TPSA) is 56.2 Å². The van der Waals surface area contributed by atoms with Gasteiger partial charge in [-0.15, -0.1) is 0 Å². The van der Waals surface area contributed by atoms with Gasteiger partial charge in [-0.3, -0.25) is 0 Å². The third-order valence-corrected chi connectivity index (χ3v) is 2.94. The van der Waals surface area contributed by atoms with Crippen molar-refractivity contribution < 1.29 is 4.42 Å². The van der Waals surface area contributed by atoms with E-state index in [0.717, 1.165) is 8.96 Å². The molecule has 0 aliphatic rings. The van der Waals surface area contributed by atoms with Gasteiger partial charge in [0.25, 0.3) is 0 Å². The van der Waals surface area contributed by atoms with Gasteiger partial charge < -0.3 is 10.2 Å². The first-order chi connectivity index (χ1) is 6.20. The molecular formula is C9H6INO2. The number of benzene rings is 1. The highest BCUT2D eigenvalue weighted by Crippen LogP contribution is 2.22. The molecule has 0 saturated heterocycles. The molecule has 0 atom stereocenters. The maximum Gasteiger partial charge on any atom is 0.360 e. The first-order valence-electron chi connectivity index (χ1n) is 3.67. The zero-order valence-corrected chi connectivity index (χ0v) is 8.74. The van der Waals surface area contributed by atoms with Gasteiger partial charge in [0.05, 0.1) is 3.57 Å². The number of hydrogen-bond acceptors (Lipinski definition) is 3. The van der Waals surface area contributed by atoms with Gasteiger partial charge in [-0.05, 0) is 28.7 Å². The van der Waals surface area contributed by atoms with Crippen LogP contribution in [0, 0.1) is 3.57 Å². The zero-order chi connectivity index (χ0) is 9.42. The second-order valence-electron chi connectivity index (χ2n) is 2.61. The summed E-state index contributed by atoms with van der Waals surface area (Å²) >= 11 is 2.04. The van der Waals surface area contributed by atoms with Crippen LogP contribution in [-0.2, 0) is 0 Å². The van der Waals surface area contributed by atoms with Crippen LogP contribution in [0.4, 0.5) is 5.69 Å². The lowest BCUT2D eigenvalue weighted by atomic mass is 10.2. The summed E-state index contributed by atoms with van der Waals surface area (Å²) in [5, 5.41) is 0.875. The highest BCUT2D eigenvalue weighted by Gasteiger charge is 2.07. The molecule has 3 nitrogen and oxygen atoms in total. The predicted octanol–water partition coefficient (Wildman–Crippen LogP) is 1.98. The lowest BCUT2D eigenvalue weighted by Crippen LogP contribution is -2.08. The van der Waals surface area contributed by atoms with E-state index in [0.29, 0.717) is 5.58 Å². The Hall–Kier alpha value is -1.04. The van der Waals surface area contributed by atoms with E-state index in [9.17, 15) is 4.79 Å². The Morgan fingerprint density at radius 1 is 1.31 bits per heavy atom. The van der Waals surface area contributed by atoms with E-state index < -0.39 is 5.63 Å². The minimum absolute atomic E-state index is 0.180. The van der Waals surface area contributed by atoms with Crippen molar-refractivity contribution in [2.24, 2.45) is 0 Å². The van der Waals surface area contributed by atoms with Crippen LogP contribution >= 0.6 is 22.6 Å². The average molecular weight is 287 g/mol. The molecule has 0 saturated carbocycles. The van der Waals surface area contributed by atoms with Gasteiger partial charge >= 0.3 is 5.63 Å². The van der Waals surface area contributed by atoms with Gasteiger partial charge in [-0.25, -0.2) is 4.79 Å². The molecule has 0 bridgehead atoms. The van der Waals surface area contributed by atoms with Crippen molar-refractivity contribution in [2.75, 3.05) is 5.73 Å². The molecule has 0 unspecified atom stereocenters. The van der Waals surface area contributed by atoms with E-state index in [1.54, 1.807) is 6.07 Å². The number of rotatable bonds is 0. The molecule has 13 heavy (non-hydrogen) atoms. The van der Waals surface area contributed by atoms with Crippen LogP contribution in [-0.4, -0.2) is 0 Å². The van der Waals surface area contributed by atoms with Crippen molar-refractivity contribution in [2.45, 2.75) is 0 Å². The predicted molar refractivity (Wildman–Crippen MR) is 59.6 cm³/mol. The monoisotopic (exact) mass is 287 g/mol. The van der Waals surface area contributed by atoms with E-state index >= 15 is 0 Å². The first kappa shape index (κ1) is 8.55. The number of anilines is 1. The minimum atomic E-state index is -0.469. The van der Waals surface area contributed by atoms with E-state index in [-0.39, 0.29) is 5.69 Å². The van der Waals surface area contributed by atoms with E-state index in [4.69, 9.17) is 10.2 Å². The summed E-state index contributed by atoms with van der Waals surface area (Å²) in [6.07, 6.45) is 0.